The highest BCUT2D eigenvalue weighted by molar-refractivity contribution is 7.99. The van der Waals surface area contributed by atoms with E-state index in [0.29, 0.717) is 43.8 Å². The van der Waals surface area contributed by atoms with Crippen molar-refractivity contribution in [3.63, 3.8) is 0 Å². The summed E-state index contributed by atoms with van der Waals surface area (Å²) in [6.07, 6.45) is -7.61. The van der Waals surface area contributed by atoms with Gasteiger partial charge in [-0.3, -0.25) is 9.18 Å². The molecule has 3 saturated heterocycles. The molecular formula is C54H91F2N5O13S. The molecule has 0 aliphatic carbocycles. The van der Waals surface area contributed by atoms with Crippen molar-refractivity contribution in [3.05, 3.63) is 41.7 Å². The van der Waals surface area contributed by atoms with Gasteiger partial charge in [0.25, 0.3) is 0 Å². The van der Waals surface area contributed by atoms with E-state index < -0.39 is 127 Å². The molecule has 3 aliphatic heterocycles. The number of hydrogen-bond acceptors (Lipinski definition) is 18. The van der Waals surface area contributed by atoms with Crippen molar-refractivity contribution in [2.45, 2.75) is 215 Å². The summed E-state index contributed by atoms with van der Waals surface area (Å²) in [7, 11) is 6.72. The SMILES string of the molecule is CC[C@H]1OC(=O)[C@H](C)[C@@H](O[C@H]2C[C@@](C)(OC)[C@@H](O)[C@H](C)O2)[C@H](C)[C@@H](O[C@@H]2O[C@H](C)C[C@H](N(C)CCc3cn([C@H](CF)[C@H](OC)c4ccc(SCCCF)cc4)nn3)[C@H]2O)[C@](C)(O)C[C@@H](C)CN(C)[C@H](C)[C@@H](O)[C@]1(C)O. The molecule has 0 bridgehead atoms. The van der Waals surface area contributed by atoms with Crippen LogP contribution >= 0.6 is 11.8 Å². The maximum Gasteiger partial charge on any atom is 0.311 e. The molecule has 3 aliphatic rings. The highest BCUT2D eigenvalue weighted by atomic mass is 32.2. The van der Waals surface area contributed by atoms with Gasteiger partial charge in [-0.25, -0.2) is 9.07 Å². The maximum absolute atomic E-state index is 14.8. The molecule has 5 N–H and O–H groups in total. The number of likely N-dealkylation sites (N-methyl/N-ethyl adjacent to an activating group) is 2. The van der Waals surface area contributed by atoms with Crippen molar-refractivity contribution in [1.29, 1.82) is 0 Å². The minimum absolute atomic E-state index is 0.0802. The number of aliphatic hydroxyl groups excluding tert-OH is 3. The Morgan fingerprint density at radius 2 is 1.65 bits per heavy atom. The molecule has 1 aromatic carbocycles. The number of esters is 1. The van der Waals surface area contributed by atoms with Crippen LogP contribution in [0.25, 0.3) is 0 Å². The number of nitrogens with zero attached hydrogens (tertiary/aromatic N) is 5. The maximum atomic E-state index is 14.8. The van der Waals surface area contributed by atoms with Crippen LogP contribution in [0.3, 0.4) is 0 Å². The third-order valence-corrected chi connectivity index (χ3v) is 17.3. The van der Waals surface area contributed by atoms with Crippen molar-refractivity contribution in [1.82, 2.24) is 24.8 Å². The fourth-order valence-electron chi connectivity index (χ4n) is 11.5. The Balaban J connectivity index is 1.42. The lowest BCUT2D eigenvalue weighted by molar-refractivity contribution is -0.318. The highest BCUT2D eigenvalue weighted by Gasteiger charge is 2.53. The number of methoxy groups -OCH3 is 2. The number of halogens is 2. The van der Waals surface area contributed by atoms with Crippen molar-refractivity contribution in [2.75, 3.05) is 60.5 Å². The molecule has 0 amide bonds. The van der Waals surface area contributed by atoms with E-state index in [-0.39, 0.29) is 31.9 Å². The van der Waals surface area contributed by atoms with Gasteiger partial charge in [-0.05, 0) is 112 Å². The van der Waals surface area contributed by atoms with Gasteiger partial charge in [0.15, 0.2) is 12.6 Å². The molecule has 21 heteroatoms. The topological polar surface area (TPSA) is 220 Å². The van der Waals surface area contributed by atoms with Crippen molar-refractivity contribution < 1.29 is 72.3 Å². The number of cyclic esters (lactones) is 1. The predicted molar refractivity (Wildman–Crippen MR) is 279 cm³/mol. The zero-order chi connectivity index (χ0) is 55.7. The fraction of sp³-hybridized carbons (Fsp3) is 0.833. The van der Waals surface area contributed by atoms with E-state index in [1.807, 2.05) is 62.0 Å². The monoisotopic (exact) mass is 1090 g/mol. The number of aromatic nitrogens is 3. The third kappa shape index (κ3) is 15.5. The molecule has 5 rings (SSSR count). The second-order valence-corrected chi connectivity index (χ2v) is 23.6. The molecule has 2 aromatic rings. The smallest absolute Gasteiger partial charge is 0.311 e. The number of thioether (sulfide) groups is 1. The van der Waals surface area contributed by atoms with Crippen molar-refractivity contribution in [2.24, 2.45) is 17.8 Å². The molecule has 18 nitrogen and oxygen atoms in total. The van der Waals surface area contributed by atoms with Crippen LogP contribution in [0.15, 0.2) is 35.4 Å². The molecule has 1 aromatic heterocycles. The molecule has 0 saturated carbocycles. The molecule has 3 fully saturated rings. The van der Waals surface area contributed by atoms with E-state index in [9.17, 15) is 39.1 Å². The molecule has 0 spiro atoms. The number of benzene rings is 1. The van der Waals surface area contributed by atoms with E-state index in [0.717, 1.165) is 10.5 Å². The normalized spacial score (nSPS) is 38.9. The van der Waals surface area contributed by atoms with E-state index in [2.05, 4.69) is 10.3 Å². The Morgan fingerprint density at radius 3 is 2.27 bits per heavy atom. The van der Waals surface area contributed by atoms with E-state index >= 15 is 0 Å². The Hall–Kier alpha value is -2.48. The first-order valence-electron chi connectivity index (χ1n) is 26.8. The quantitative estimate of drug-likeness (QED) is 0.0671. The van der Waals surface area contributed by atoms with Crippen LogP contribution in [0.2, 0.25) is 0 Å². The molecular weight excluding hydrogens is 997 g/mol. The Labute approximate surface area is 448 Å². The number of rotatable bonds is 19. The third-order valence-electron chi connectivity index (χ3n) is 16.2. The van der Waals surface area contributed by atoms with Gasteiger partial charge in [0.2, 0.25) is 0 Å². The van der Waals surface area contributed by atoms with Crippen molar-refractivity contribution >= 4 is 17.7 Å². The van der Waals surface area contributed by atoms with E-state index in [1.165, 1.54) is 25.8 Å². The second kappa shape index (κ2) is 27.6. The summed E-state index contributed by atoms with van der Waals surface area (Å²) in [6.45, 7) is 17.1. The average Bonchev–Trinajstić information content (AvgIpc) is 3.84. The molecule has 0 radical (unpaired) electrons. The first-order valence-corrected chi connectivity index (χ1v) is 27.8. The summed E-state index contributed by atoms with van der Waals surface area (Å²) < 4.78 is 73.0. The number of carbonyl (C=O) groups excluding carboxylic acids is 1. The number of aliphatic hydroxyl groups is 5. The van der Waals surface area contributed by atoms with Crippen LogP contribution in [0.4, 0.5) is 8.78 Å². The van der Waals surface area contributed by atoms with Crippen LogP contribution < -0.4 is 0 Å². The zero-order valence-electron chi connectivity index (χ0n) is 46.9. The van der Waals surface area contributed by atoms with Crippen LogP contribution in [-0.4, -0.2) is 207 Å². The Kier molecular flexibility index (Phi) is 23.3. The lowest BCUT2D eigenvalue weighted by atomic mass is 9.77. The minimum atomic E-state index is -1.86. The number of carbonyl (C=O) groups is 1. The number of ether oxygens (including phenoxy) is 7. The van der Waals surface area contributed by atoms with Gasteiger partial charge in [0.05, 0.1) is 53.9 Å². The molecule has 430 valence electrons. The average molecular weight is 1090 g/mol. The summed E-state index contributed by atoms with van der Waals surface area (Å²) in [5, 5.41) is 68.5. The first kappa shape index (κ1) is 63.4. The highest BCUT2D eigenvalue weighted by Crippen LogP contribution is 2.41. The van der Waals surface area contributed by atoms with Gasteiger partial charge in [0.1, 0.15) is 48.8 Å². The standard InChI is InChI=1S/C54H91F2N5O13S/c1-15-42-54(10,67)47(63)35(6)60(12)29-31(2)26-52(8,66)49(33(4)45(34(5)50(65)72-42)73-43-27-53(9,69-14)48(64)36(7)71-43)74-51-44(62)40(25-32(3)70-51)59(11)23-21-38-30-61(58-57-38)41(28-56)46(68-13)37-17-19-39(20-18-37)75-24-16-22-55/h17-20,30-36,40-49,51,62-64,66-67H,15-16,21-29H2,1-14H3/t31-,32-,33+,34-,35-,36+,40+,41-,42-,43+,44-,45+,46-,47-,48+,49-,51+,52-,53-,54-/m1/s1. The summed E-state index contributed by atoms with van der Waals surface area (Å²) in [6, 6.07) is 5.70. The van der Waals surface area contributed by atoms with Gasteiger partial charge < -0.3 is 68.5 Å². The largest absolute Gasteiger partial charge is 0.459 e. The number of alkyl halides is 2. The lowest BCUT2D eigenvalue weighted by Crippen LogP contribution is -2.61. The lowest BCUT2D eigenvalue weighted by Gasteiger charge is -2.49. The van der Waals surface area contributed by atoms with Crippen molar-refractivity contribution in [3.8, 4) is 0 Å². The molecule has 75 heavy (non-hydrogen) atoms. The molecule has 0 unspecified atom stereocenters. The summed E-state index contributed by atoms with van der Waals surface area (Å²) in [5.74, 6) is -2.24. The first-order chi connectivity index (χ1) is 35.3. The molecule has 20 atom stereocenters. The van der Waals surface area contributed by atoms with Crippen LogP contribution in [0.5, 0.6) is 0 Å². The fourth-order valence-corrected chi connectivity index (χ4v) is 12.3. The summed E-state index contributed by atoms with van der Waals surface area (Å²) >= 11 is 1.55. The number of hydrogen-bond donors (Lipinski definition) is 5. The van der Waals surface area contributed by atoms with Gasteiger partial charge in [-0.1, -0.05) is 38.1 Å². The van der Waals surface area contributed by atoms with E-state index in [4.69, 9.17) is 33.2 Å². The Bertz CT molecular complexity index is 2050. The predicted octanol–water partition coefficient (Wildman–Crippen LogP) is 5.46. The minimum Gasteiger partial charge on any atom is -0.459 e. The van der Waals surface area contributed by atoms with Crippen LogP contribution in [-0.2, 0) is 44.4 Å². The van der Waals surface area contributed by atoms with Crippen LogP contribution in [0.1, 0.15) is 125 Å². The van der Waals surface area contributed by atoms with Gasteiger partial charge in [0, 0.05) is 75.0 Å². The Morgan fingerprint density at radius 1 is 0.973 bits per heavy atom. The van der Waals surface area contributed by atoms with Gasteiger partial charge in [-0.15, -0.1) is 16.9 Å². The summed E-state index contributed by atoms with van der Waals surface area (Å²) in [5.41, 5.74) is -3.24. The molecule has 4 heterocycles. The zero-order valence-corrected chi connectivity index (χ0v) is 47.7. The van der Waals surface area contributed by atoms with E-state index in [1.54, 1.807) is 66.4 Å². The van der Waals surface area contributed by atoms with Gasteiger partial charge in [-0.2, -0.15) is 0 Å². The van der Waals surface area contributed by atoms with Gasteiger partial charge >= 0.3 is 5.97 Å². The second-order valence-electron chi connectivity index (χ2n) is 22.5. The van der Waals surface area contributed by atoms with Crippen LogP contribution in [0, 0.1) is 17.8 Å². The summed E-state index contributed by atoms with van der Waals surface area (Å²) in [4.78, 5) is 19.4.